The second-order valence-corrected chi connectivity index (χ2v) is 4.03. The summed E-state index contributed by atoms with van der Waals surface area (Å²) in [5.74, 6) is 0. The van der Waals surface area contributed by atoms with Gasteiger partial charge >= 0.3 is 0 Å². The van der Waals surface area contributed by atoms with E-state index >= 15 is 0 Å². The number of hydrogen-bond acceptors (Lipinski definition) is 3. The van der Waals surface area contributed by atoms with E-state index in [4.69, 9.17) is 0 Å². The van der Waals surface area contributed by atoms with Crippen molar-refractivity contribution in [2.24, 2.45) is 0 Å². The minimum atomic E-state index is -0.973. The number of benzene rings is 1. The first-order valence-corrected chi connectivity index (χ1v) is 5.47. The summed E-state index contributed by atoms with van der Waals surface area (Å²) in [7, 11) is 0. The van der Waals surface area contributed by atoms with Gasteiger partial charge in [-0.15, -0.1) is 0 Å². The lowest BCUT2D eigenvalue weighted by Crippen LogP contribution is -2.50. The number of piperidine rings is 1. The quantitative estimate of drug-likeness (QED) is 0.717. The van der Waals surface area contributed by atoms with Crippen LogP contribution in [0.15, 0.2) is 30.3 Å². The van der Waals surface area contributed by atoms with Crippen LogP contribution in [0.5, 0.6) is 0 Å². The monoisotopic (exact) mass is 211 g/mol. The van der Waals surface area contributed by atoms with E-state index in [1.165, 1.54) is 0 Å². The van der Waals surface area contributed by atoms with Gasteiger partial charge in [0.05, 0.1) is 0 Å². The average molecular weight is 211 g/mol. The maximum atomic E-state index is 9.26. The fourth-order valence-electron chi connectivity index (χ4n) is 2.19. The van der Waals surface area contributed by atoms with Crippen molar-refractivity contribution in [3.63, 3.8) is 0 Å². The van der Waals surface area contributed by atoms with E-state index in [2.05, 4.69) is 12.1 Å². The third-order valence-corrected chi connectivity index (χ3v) is 3.07. The molecule has 0 unspecified atom stereocenters. The van der Waals surface area contributed by atoms with Gasteiger partial charge in [-0.05, 0) is 31.4 Å². The highest BCUT2D eigenvalue weighted by Gasteiger charge is 2.39. The Bertz CT molecular complexity index is 424. The van der Waals surface area contributed by atoms with E-state index in [1.807, 2.05) is 35.2 Å². The smallest absolute Gasteiger partial charge is 0.215 e. The van der Waals surface area contributed by atoms with E-state index in [-0.39, 0.29) is 0 Å². The first kappa shape index (κ1) is 10.5. The maximum Gasteiger partial charge on any atom is 0.215 e. The van der Waals surface area contributed by atoms with Gasteiger partial charge in [-0.3, -0.25) is 0 Å². The van der Waals surface area contributed by atoms with E-state index in [0.717, 1.165) is 25.1 Å². The van der Waals surface area contributed by atoms with Gasteiger partial charge in [0.2, 0.25) is 5.54 Å². The van der Waals surface area contributed by atoms with Crippen LogP contribution in [0.4, 0.5) is 5.69 Å². The third kappa shape index (κ3) is 1.61. The lowest BCUT2D eigenvalue weighted by Gasteiger charge is -2.39. The zero-order valence-corrected chi connectivity index (χ0v) is 9.06. The maximum absolute atomic E-state index is 9.26. The molecular weight excluding hydrogens is 198 g/mol. The van der Waals surface area contributed by atoms with E-state index in [0.29, 0.717) is 6.42 Å². The normalized spacial score (nSPS) is 18.5. The number of rotatable bonds is 1. The molecule has 0 bridgehead atoms. The molecule has 1 fully saturated rings. The van der Waals surface area contributed by atoms with Crippen molar-refractivity contribution in [2.75, 3.05) is 11.4 Å². The topological polar surface area (TPSA) is 50.8 Å². The molecule has 0 aliphatic carbocycles. The largest absolute Gasteiger partial charge is 0.342 e. The lowest BCUT2D eigenvalue weighted by molar-refractivity contribution is 0.452. The van der Waals surface area contributed by atoms with Crippen molar-refractivity contribution >= 4 is 5.69 Å². The molecule has 0 saturated carbocycles. The van der Waals surface area contributed by atoms with Crippen LogP contribution in [0.1, 0.15) is 19.3 Å². The summed E-state index contributed by atoms with van der Waals surface area (Å²) in [6, 6.07) is 14.1. The summed E-state index contributed by atoms with van der Waals surface area (Å²) in [6.45, 7) is 0.783. The summed E-state index contributed by atoms with van der Waals surface area (Å²) < 4.78 is 0. The molecule has 3 nitrogen and oxygen atoms in total. The Morgan fingerprint density at radius 3 is 2.38 bits per heavy atom. The van der Waals surface area contributed by atoms with Gasteiger partial charge < -0.3 is 4.90 Å². The molecule has 0 amide bonds. The Balaban J connectivity index is 2.39. The fraction of sp³-hybridized carbons (Fsp3) is 0.385. The summed E-state index contributed by atoms with van der Waals surface area (Å²) >= 11 is 0. The molecule has 0 aromatic heterocycles. The predicted octanol–water partition coefficient (Wildman–Crippen LogP) is 2.46. The van der Waals surface area contributed by atoms with Gasteiger partial charge in [-0.1, -0.05) is 18.2 Å². The molecule has 0 radical (unpaired) electrons. The number of nitrogens with zero attached hydrogens (tertiary/aromatic N) is 3. The molecule has 3 heteroatoms. The van der Waals surface area contributed by atoms with Crippen LogP contribution in [0.2, 0.25) is 0 Å². The first-order valence-electron chi connectivity index (χ1n) is 5.47. The predicted molar refractivity (Wildman–Crippen MR) is 61.6 cm³/mol. The van der Waals surface area contributed by atoms with Crippen molar-refractivity contribution in [2.45, 2.75) is 24.8 Å². The van der Waals surface area contributed by atoms with Gasteiger partial charge in [0.1, 0.15) is 12.1 Å². The molecule has 0 N–H and O–H groups in total. The molecule has 1 aromatic rings. The van der Waals surface area contributed by atoms with E-state index in [1.54, 1.807) is 0 Å². The van der Waals surface area contributed by atoms with Gasteiger partial charge in [0, 0.05) is 12.2 Å². The Kier molecular flexibility index (Phi) is 2.79. The Hall–Kier alpha value is -2.00. The molecule has 1 saturated heterocycles. The second kappa shape index (κ2) is 4.24. The van der Waals surface area contributed by atoms with Crippen molar-refractivity contribution in [1.29, 1.82) is 10.5 Å². The van der Waals surface area contributed by atoms with Crippen LogP contribution in [0.25, 0.3) is 0 Å². The second-order valence-electron chi connectivity index (χ2n) is 4.03. The van der Waals surface area contributed by atoms with Gasteiger partial charge in [0.25, 0.3) is 0 Å². The van der Waals surface area contributed by atoms with Gasteiger partial charge in [-0.25, -0.2) is 0 Å². The standard InChI is InChI=1S/C13H13N3/c14-10-13(11-15)8-4-5-9-16(13)12-6-2-1-3-7-12/h1-3,6-7H,4-5,8-9H2. The number of hydrogen-bond donors (Lipinski definition) is 0. The molecule has 0 atom stereocenters. The summed E-state index contributed by atoms with van der Waals surface area (Å²) in [5, 5.41) is 18.5. The highest BCUT2D eigenvalue weighted by Crippen LogP contribution is 2.31. The molecular formula is C13H13N3. The van der Waals surface area contributed by atoms with Crippen LogP contribution >= 0.6 is 0 Å². The van der Waals surface area contributed by atoms with Crippen LogP contribution in [-0.4, -0.2) is 12.1 Å². The lowest BCUT2D eigenvalue weighted by atomic mass is 9.88. The average Bonchev–Trinajstić information content (AvgIpc) is 2.39. The molecule has 80 valence electrons. The molecule has 1 aliphatic heterocycles. The highest BCUT2D eigenvalue weighted by atomic mass is 15.2. The molecule has 2 rings (SSSR count). The van der Waals surface area contributed by atoms with Gasteiger partial charge in [0.15, 0.2) is 0 Å². The van der Waals surface area contributed by atoms with E-state index in [9.17, 15) is 10.5 Å². The van der Waals surface area contributed by atoms with E-state index < -0.39 is 5.54 Å². The minimum Gasteiger partial charge on any atom is -0.342 e. The Morgan fingerprint density at radius 2 is 1.75 bits per heavy atom. The minimum absolute atomic E-state index is 0.634. The van der Waals surface area contributed by atoms with Gasteiger partial charge in [-0.2, -0.15) is 10.5 Å². The Morgan fingerprint density at radius 1 is 1.06 bits per heavy atom. The Labute approximate surface area is 95.5 Å². The summed E-state index contributed by atoms with van der Waals surface area (Å²) in [4.78, 5) is 1.93. The highest BCUT2D eigenvalue weighted by molar-refractivity contribution is 5.54. The molecule has 1 aliphatic rings. The molecule has 0 spiro atoms. The summed E-state index contributed by atoms with van der Waals surface area (Å²) in [6.07, 6.45) is 2.62. The van der Waals surface area contributed by atoms with Crippen LogP contribution in [-0.2, 0) is 0 Å². The van der Waals surface area contributed by atoms with Crippen molar-refractivity contribution in [3.8, 4) is 12.1 Å². The fourth-order valence-corrected chi connectivity index (χ4v) is 2.19. The van der Waals surface area contributed by atoms with Crippen LogP contribution in [0, 0.1) is 22.7 Å². The SMILES string of the molecule is N#CC1(C#N)CCCCN1c1ccccc1. The van der Waals surface area contributed by atoms with Crippen molar-refractivity contribution < 1.29 is 0 Å². The van der Waals surface area contributed by atoms with Crippen LogP contribution in [0.3, 0.4) is 0 Å². The third-order valence-electron chi connectivity index (χ3n) is 3.07. The van der Waals surface area contributed by atoms with Crippen molar-refractivity contribution in [3.05, 3.63) is 30.3 Å². The van der Waals surface area contributed by atoms with Crippen LogP contribution < -0.4 is 4.90 Å². The zero-order chi connectivity index (χ0) is 11.4. The molecule has 1 aromatic carbocycles. The summed E-state index contributed by atoms with van der Waals surface area (Å²) in [5.41, 5.74) is -0.00937. The number of anilines is 1. The molecule has 1 heterocycles. The van der Waals surface area contributed by atoms with Crippen molar-refractivity contribution in [1.82, 2.24) is 0 Å². The number of para-hydroxylation sites is 1. The zero-order valence-electron chi connectivity index (χ0n) is 9.06. The molecule has 16 heavy (non-hydrogen) atoms. The first-order chi connectivity index (χ1) is 7.82. The number of nitriles is 2.